The van der Waals surface area contributed by atoms with E-state index in [0.717, 1.165) is 24.8 Å². The maximum atomic E-state index is 12.8. The molecule has 27 heavy (non-hydrogen) atoms. The Labute approximate surface area is 164 Å². The molecular formula is C21H34N2O3S. The SMILES string of the molecule is CCC(C)c1ccc(C(NC(=O)C2CCCN(S(C)(=O)=O)C2)C(C)C)cc1. The highest BCUT2D eigenvalue weighted by Crippen LogP contribution is 2.27. The van der Waals surface area contributed by atoms with Crippen molar-refractivity contribution in [2.75, 3.05) is 19.3 Å². The van der Waals surface area contributed by atoms with Gasteiger partial charge in [-0.05, 0) is 42.2 Å². The van der Waals surface area contributed by atoms with E-state index in [0.29, 0.717) is 12.5 Å². The van der Waals surface area contributed by atoms with Crippen molar-refractivity contribution in [3.05, 3.63) is 35.4 Å². The van der Waals surface area contributed by atoms with Gasteiger partial charge in [-0.15, -0.1) is 0 Å². The van der Waals surface area contributed by atoms with Crippen LogP contribution in [0.3, 0.4) is 0 Å². The molecular weight excluding hydrogens is 360 g/mol. The quantitative estimate of drug-likeness (QED) is 0.767. The first-order valence-electron chi connectivity index (χ1n) is 9.98. The van der Waals surface area contributed by atoms with Gasteiger partial charge >= 0.3 is 0 Å². The summed E-state index contributed by atoms with van der Waals surface area (Å²) in [6.45, 7) is 9.37. The van der Waals surface area contributed by atoms with E-state index in [1.807, 2.05) is 0 Å². The van der Waals surface area contributed by atoms with E-state index in [4.69, 9.17) is 0 Å². The summed E-state index contributed by atoms with van der Waals surface area (Å²) in [5.41, 5.74) is 2.41. The second kappa shape index (κ2) is 9.20. The lowest BCUT2D eigenvalue weighted by Gasteiger charge is -2.32. The summed E-state index contributed by atoms with van der Waals surface area (Å²) in [5, 5.41) is 3.18. The predicted octanol–water partition coefficient (Wildman–Crippen LogP) is 3.69. The van der Waals surface area contributed by atoms with E-state index >= 15 is 0 Å². The summed E-state index contributed by atoms with van der Waals surface area (Å²) in [5.74, 6) is 0.440. The molecule has 152 valence electrons. The predicted molar refractivity (Wildman–Crippen MR) is 110 cm³/mol. The van der Waals surface area contributed by atoms with Crippen LogP contribution in [-0.4, -0.2) is 38.0 Å². The fraction of sp³-hybridized carbons (Fsp3) is 0.667. The molecule has 0 aromatic heterocycles. The standard InChI is InChI=1S/C21H34N2O3S/c1-6-16(4)17-9-11-18(12-10-17)20(15(2)3)22-21(24)19-8-7-13-23(14-19)27(5,25)26/h9-12,15-16,19-20H,6-8,13-14H2,1-5H3,(H,22,24). The van der Waals surface area contributed by atoms with Crippen molar-refractivity contribution in [2.45, 2.75) is 58.9 Å². The number of sulfonamides is 1. The summed E-state index contributed by atoms with van der Waals surface area (Å²) >= 11 is 0. The Bertz CT molecular complexity index is 728. The smallest absolute Gasteiger partial charge is 0.224 e. The zero-order valence-corrected chi connectivity index (χ0v) is 18.1. The summed E-state index contributed by atoms with van der Waals surface area (Å²) < 4.78 is 25.0. The maximum absolute atomic E-state index is 12.8. The van der Waals surface area contributed by atoms with E-state index in [-0.39, 0.29) is 30.3 Å². The number of rotatable bonds is 7. The Morgan fingerprint density at radius 2 is 1.78 bits per heavy atom. The van der Waals surface area contributed by atoms with Crippen LogP contribution in [0.1, 0.15) is 70.0 Å². The lowest BCUT2D eigenvalue weighted by Crippen LogP contribution is -2.46. The molecule has 1 heterocycles. The van der Waals surface area contributed by atoms with Crippen LogP contribution in [0, 0.1) is 11.8 Å². The topological polar surface area (TPSA) is 66.5 Å². The molecule has 1 aromatic rings. The van der Waals surface area contributed by atoms with E-state index in [2.05, 4.69) is 57.3 Å². The molecule has 3 unspecified atom stereocenters. The summed E-state index contributed by atoms with van der Waals surface area (Å²) in [7, 11) is -3.25. The Morgan fingerprint density at radius 1 is 1.19 bits per heavy atom. The summed E-state index contributed by atoms with van der Waals surface area (Å²) in [6.07, 6.45) is 3.77. The molecule has 0 radical (unpaired) electrons. The number of carbonyl (C=O) groups is 1. The number of nitrogens with zero attached hydrogens (tertiary/aromatic N) is 1. The van der Waals surface area contributed by atoms with Crippen molar-refractivity contribution in [1.82, 2.24) is 9.62 Å². The summed E-state index contributed by atoms with van der Waals surface area (Å²) in [6, 6.07) is 8.44. The van der Waals surface area contributed by atoms with Gasteiger partial charge in [0.2, 0.25) is 15.9 Å². The third kappa shape index (κ3) is 5.79. The molecule has 6 heteroatoms. The van der Waals surface area contributed by atoms with Crippen LogP contribution in [0.15, 0.2) is 24.3 Å². The molecule has 1 aliphatic rings. The van der Waals surface area contributed by atoms with Gasteiger partial charge in [-0.25, -0.2) is 12.7 Å². The number of hydrogen-bond acceptors (Lipinski definition) is 3. The molecule has 0 aliphatic carbocycles. The molecule has 0 bridgehead atoms. The highest BCUT2D eigenvalue weighted by atomic mass is 32.2. The van der Waals surface area contributed by atoms with Crippen molar-refractivity contribution < 1.29 is 13.2 Å². The molecule has 1 saturated heterocycles. The molecule has 1 aliphatic heterocycles. The normalized spacial score (nSPS) is 21.0. The van der Waals surface area contributed by atoms with Crippen molar-refractivity contribution in [1.29, 1.82) is 0 Å². The Balaban J connectivity index is 2.10. The number of carbonyl (C=O) groups excluding carboxylic acids is 1. The Kier molecular flexibility index (Phi) is 7.46. The van der Waals surface area contributed by atoms with Gasteiger partial charge in [0, 0.05) is 13.1 Å². The van der Waals surface area contributed by atoms with E-state index in [9.17, 15) is 13.2 Å². The van der Waals surface area contributed by atoms with Gasteiger partial charge in [0.25, 0.3) is 0 Å². The van der Waals surface area contributed by atoms with Gasteiger partial charge in [0.1, 0.15) is 0 Å². The Morgan fingerprint density at radius 3 is 2.30 bits per heavy atom. The molecule has 3 atom stereocenters. The lowest BCUT2D eigenvalue weighted by molar-refractivity contribution is -0.127. The highest BCUT2D eigenvalue weighted by molar-refractivity contribution is 7.88. The minimum Gasteiger partial charge on any atom is -0.349 e. The molecule has 1 N–H and O–H groups in total. The first-order chi connectivity index (χ1) is 12.6. The van der Waals surface area contributed by atoms with Gasteiger partial charge in [-0.2, -0.15) is 0 Å². The number of amides is 1. The number of hydrogen-bond donors (Lipinski definition) is 1. The zero-order chi connectivity index (χ0) is 20.2. The van der Waals surface area contributed by atoms with Crippen molar-refractivity contribution in [3.63, 3.8) is 0 Å². The number of benzene rings is 1. The highest BCUT2D eigenvalue weighted by Gasteiger charge is 2.31. The number of nitrogens with one attached hydrogen (secondary N) is 1. The third-order valence-electron chi connectivity index (χ3n) is 5.67. The van der Waals surface area contributed by atoms with Gasteiger partial charge in [0.05, 0.1) is 18.2 Å². The molecule has 0 saturated carbocycles. The minimum atomic E-state index is -3.25. The molecule has 1 amide bonds. The monoisotopic (exact) mass is 394 g/mol. The van der Waals surface area contributed by atoms with Crippen LogP contribution in [-0.2, 0) is 14.8 Å². The lowest BCUT2D eigenvalue weighted by atomic mass is 9.91. The average Bonchev–Trinajstić information content (AvgIpc) is 2.64. The van der Waals surface area contributed by atoms with Crippen molar-refractivity contribution in [3.8, 4) is 0 Å². The first kappa shape index (κ1) is 21.9. The summed E-state index contributed by atoms with van der Waals surface area (Å²) in [4.78, 5) is 12.8. The number of piperidine rings is 1. The van der Waals surface area contributed by atoms with Crippen LogP contribution in [0.5, 0.6) is 0 Å². The van der Waals surface area contributed by atoms with Crippen LogP contribution in [0.2, 0.25) is 0 Å². The molecule has 1 aromatic carbocycles. The minimum absolute atomic E-state index is 0.0481. The van der Waals surface area contributed by atoms with Crippen LogP contribution < -0.4 is 5.32 Å². The van der Waals surface area contributed by atoms with E-state index in [1.54, 1.807) is 0 Å². The maximum Gasteiger partial charge on any atom is 0.224 e. The van der Waals surface area contributed by atoms with Crippen LogP contribution in [0.25, 0.3) is 0 Å². The average molecular weight is 395 g/mol. The third-order valence-corrected chi connectivity index (χ3v) is 6.94. The van der Waals surface area contributed by atoms with Crippen LogP contribution >= 0.6 is 0 Å². The van der Waals surface area contributed by atoms with Gasteiger partial charge < -0.3 is 5.32 Å². The van der Waals surface area contributed by atoms with Gasteiger partial charge in [-0.3, -0.25) is 4.79 Å². The van der Waals surface area contributed by atoms with Crippen LogP contribution in [0.4, 0.5) is 0 Å². The van der Waals surface area contributed by atoms with Gasteiger partial charge in [-0.1, -0.05) is 52.0 Å². The molecule has 2 rings (SSSR count). The molecule has 1 fully saturated rings. The van der Waals surface area contributed by atoms with Crippen molar-refractivity contribution >= 4 is 15.9 Å². The second-order valence-electron chi connectivity index (χ2n) is 8.17. The molecule has 0 spiro atoms. The van der Waals surface area contributed by atoms with E-state index in [1.165, 1.54) is 16.1 Å². The first-order valence-corrected chi connectivity index (χ1v) is 11.8. The zero-order valence-electron chi connectivity index (χ0n) is 17.2. The fourth-order valence-corrected chi connectivity index (χ4v) is 4.54. The second-order valence-corrected chi connectivity index (χ2v) is 10.1. The van der Waals surface area contributed by atoms with Crippen molar-refractivity contribution in [2.24, 2.45) is 11.8 Å². The fourth-order valence-electron chi connectivity index (χ4n) is 3.63. The van der Waals surface area contributed by atoms with E-state index < -0.39 is 10.0 Å². The largest absolute Gasteiger partial charge is 0.349 e. The van der Waals surface area contributed by atoms with Gasteiger partial charge in [0.15, 0.2) is 0 Å². The molecule has 5 nitrogen and oxygen atoms in total. The Hall–Kier alpha value is -1.40.